The standard InChI is InChI=1S/C25H17ClFN3O2.C24H15ClFN3O2/c1-32-25(31)18-6-4-17(5-7-18)19(14-28)12-23-22-11-8-20(26)13-24(22)30(29-23)15-16-2-9-21(27)10-3-16;25-19-7-10-21-22(11-18(13-27)16-3-5-17(6-4-16)24(30)31)28-29(23(21)12-19)14-15-1-8-20(26)9-2-15/h2-13H,15H2,1H3;1-12H,14H2,(H,30,31)/b19-12+;18-11+. The van der Waals surface area contributed by atoms with Crippen LogP contribution in [0.4, 0.5) is 8.78 Å². The topological polar surface area (TPSA) is 147 Å². The minimum atomic E-state index is -1.03. The third kappa shape index (κ3) is 10.2. The summed E-state index contributed by atoms with van der Waals surface area (Å²) in [5, 5.41) is 40.6. The predicted molar refractivity (Wildman–Crippen MR) is 239 cm³/mol. The Hall–Kier alpha value is -7.90. The Labute approximate surface area is 369 Å². The van der Waals surface area contributed by atoms with Crippen molar-refractivity contribution >= 4 is 80.2 Å². The van der Waals surface area contributed by atoms with Gasteiger partial charge in [0.25, 0.3) is 0 Å². The highest BCUT2D eigenvalue weighted by Crippen LogP contribution is 2.29. The highest BCUT2D eigenvalue weighted by molar-refractivity contribution is 6.31. The number of halogens is 4. The number of methoxy groups -OCH3 is 1. The number of allylic oxidation sites excluding steroid dienone is 2. The fourth-order valence-corrected chi connectivity index (χ4v) is 6.99. The van der Waals surface area contributed by atoms with Crippen molar-refractivity contribution in [2.75, 3.05) is 7.11 Å². The van der Waals surface area contributed by atoms with Crippen molar-refractivity contribution in [3.05, 3.63) is 200 Å². The average molecular weight is 878 g/mol. The number of aromatic carboxylic acids is 1. The molecule has 63 heavy (non-hydrogen) atoms. The quantitative estimate of drug-likeness (QED) is 0.105. The Kier molecular flexibility index (Phi) is 13.2. The van der Waals surface area contributed by atoms with E-state index in [2.05, 4.69) is 22.3 Å². The zero-order valence-corrected chi connectivity index (χ0v) is 34.6. The van der Waals surface area contributed by atoms with E-state index in [-0.39, 0.29) is 17.2 Å². The van der Waals surface area contributed by atoms with Crippen molar-refractivity contribution in [3.8, 4) is 12.1 Å². The van der Waals surface area contributed by atoms with Gasteiger partial charge in [-0.2, -0.15) is 20.7 Å². The van der Waals surface area contributed by atoms with Crippen LogP contribution in [0.3, 0.4) is 0 Å². The summed E-state index contributed by atoms with van der Waals surface area (Å²) >= 11 is 12.4. The minimum Gasteiger partial charge on any atom is -0.478 e. The van der Waals surface area contributed by atoms with Crippen LogP contribution in [0.5, 0.6) is 0 Å². The number of ether oxygens (including phenoxy) is 1. The normalized spacial score (nSPS) is 11.4. The van der Waals surface area contributed by atoms with Crippen molar-refractivity contribution in [1.82, 2.24) is 19.6 Å². The lowest BCUT2D eigenvalue weighted by molar-refractivity contribution is 0.0599. The number of hydrogen-bond donors (Lipinski definition) is 1. The van der Waals surface area contributed by atoms with Crippen molar-refractivity contribution in [2.45, 2.75) is 13.1 Å². The average Bonchev–Trinajstić information content (AvgIpc) is 3.81. The number of nitrogens with zero attached hydrogens (tertiary/aromatic N) is 6. The molecule has 0 fully saturated rings. The molecular weight excluding hydrogens is 845 g/mol. The summed E-state index contributed by atoms with van der Waals surface area (Å²) < 4.78 is 34.7. The van der Waals surface area contributed by atoms with E-state index in [9.17, 15) is 28.9 Å². The van der Waals surface area contributed by atoms with Gasteiger partial charge < -0.3 is 9.84 Å². The summed E-state index contributed by atoms with van der Waals surface area (Å²) in [6, 6.07) is 40.2. The SMILES string of the molecule is COC(=O)c1ccc(/C(C#N)=C/c2nn(Cc3ccc(F)cc3)c3cc(Cl)ccc23)cc1.N#C/C(=C\c1nn(Cc2ccc(F)cc2)c2cc(Cl)ccc12)c1ccc(C(=O)O)cc1. The van der Waals surface area contributed by atoms with Crippen molar-refractivity contribution in [3.63, 3.8) is 0 Å². The van der Waals surface area contributed by atoms with Crippen molar-refractivity contribution < 1.29 is 28.2 Å². The maximum absolute atomic E-state index is 13.3. The van der Waals surface area contributed by atoms with Crippen LogP contribution < -0.4 is 0 Å². The molecule has 0 atom stereocenters. The van der Waals surface area contributed by atoms with Gasteiger partial charge in [-0.1, -0.05) is 71.7 Å². The van der Waals surface area contributed by atoms with Gasteiger partial charge in [0.2, 0.25) is 0 Å². The molecule has 10 nitrogen and oxygen atoms in total. The second-order valence-corrected chi connectivity index (χ2v) is 14.8. The van der Waals surface area contributed by atoms with E-state index in [1.54, 1.807) is 100 Å². The molecule has 0 aliphatic carbocycles. The maximum Gasteiger partial charge on any atom is 0.337 e. The van der Waals surface area contributed by atoms with Gasteiger partial charge >= 0.3 is 11.9 Å². The number of nitriles is 2. The van der Waals surface area contributed by atoms with Gasteiger partial charge in [-0.15, -0.1) is 0 Å². The van der Waals surface area contributed by atoms with E-state index in [0.717, 1.165) is 32.9 Å². The molecule has 14 heteroatoms. The lowest BCUT2D eigenvalue weighted by Gasteiger charge is -2.04. The number of carboxylic acid groups (broad SMARTS) is 1. The third-order valence-corrected chi connectivity index (χ3v) is 10.3. The summed E-state index contributed by atoms with van der Waals surface area (Å²) in [4.78, 5) is 22.7. The van der Waals surface area contributed by atoms with E-state index in [1.165, 1.54) is 43.5 Å². The fraction of sp³-hybridized carbons (Fsp3) is 0.0612. The Morgan fingerprint density at radius 2 is 1.00 bits per heavy atom. The molecular formula is C49H32Cl2F2N6O4. The van der Waals surface area contributed by atoms with Crippen LogP contribution in [-0.4, -0.2) is 43.7 Å². The van der Waals surface area contributed by atoms with E-state index in [1.807, 2.05) is 18.2 Å². The molecule has 0 amide bonds. The van der Waals surface area contributed by atoms with Gasteiger partial charge in [0, 0.05) is 20.8 Å². The summed E-state index contributed by atoms with van der Waals surface area (Å²) in [7, 11) is 1.32. The molecule has 6 aromatic carbocycles. The minimum absolute atomic E-state index is 0.143. The highest BCUT2D eigenvalue weighted by atomic mass is 35.5. The van der Waals surface area contributed by atoms with Crippen LogP contribution in [0.1, 0.15) is 54.4 Å². The van der Waals surface area contributed by atoms with Gasteiger partial charge in [-0.05, 0) is 119 Å². The number of benzene rings is 6. The zero-order valence-electron chi connectivity index (χ0n) is 33.1. The Morgan fingerprint density at radius 1 is 0.619 bits per heavy atom. The summed E-state index contributed by atoms with van der Waals surface area (Å²) in [5.74, 6) is -2.09. The fourth-order valence-electron chi connectivity index (χ4n) is 6.66. The first-order chi connectivity index (χ1) is 30.4. The molecule has 0 bridgehead atoms. The monoisotopic (exact) mass is 876 g/mol. The molecule has 8 rings (SSSR count). The molecule has 0 aliphatic rings. The number of carbonyl (C=O) groups excluding carboxylic acids is 1. The summed E-state index contributed by atoms with van der Waals surface area (Å²) in [6.45, 7) is 0.820. The third-order valence-electron chi connectivity index (χ3n) is 9.84. The van der Waals surface area contributed by atoms with Crippen LogP contribution >= 0.6 is 23.2 Å². The Morgan fingerprint density at radius 3 is 1.37 bits per heavy atom. The van der Waals surface area contributed by atoms with Gasteiger partial charge in [-0.25, -0.2) is 18.4 Å². The molecule has 2 aromatic heterocycles. The van der Waals surface area contributed by atoms with E-state index >= 15 is 0 Å². The lowest BCUT2D eigenvalue weighted by Crippen LogP contribution is -2.02. The first-order valence-corrected chi connectivity index (χ1v) is 19.8. The summed E-state index contributed by atoms with van der Waals surface area (Å²) in [6.07, 6.45) is 3.36. The first kappa shape index (κ1) is 43.2. The van der Waals surface area contributed by atoms with Gasteiger partial charge in [0.15, 0.2) is 0 Å². The number of aromatic nitrogens is 4. The number of carboxylic acids is 1. The molecule has 310 valence electrons. The van der Waals surface area contributed by atoms with E-state index in [0.29, 0.717) is 62.4 Å². The van der Waals surface area contributed by atoms with Crippen LogP contribution in [0, 0.1) is 34.3 Å². The van der Waals surface area contributed by atoms with Gasteiger partial charge in [0.05, 0.1) is 77.0 Å². The molecule has 8 aromatic rings. The Bertz CT molecular complexity index is 3150. The molecule has 0 radical (unpaired) electrons. The van der Waals surface area contributed by atoms with Crippen LogP contribution in [-0.2, 0) is 17.8 Å². The number of esters is 1. The number of fused-ring (bicyclic) bond motifs is 2. The number of hydrogen-bond acceptors (Lipinski definition) is 7. The van der Waals surface area contributed by atoms with E-state index < -0.39 is 11.9 Å². The summed E-state index contributed by atoms with van der Waals surface area (Å²) in [5.41, 5.74) is 7.02. The maximum atomic E-state index is 13.3. The number of carbonyl (C=O) groups is 2. The molecule has 0 saturated carbocycles. The van der Waals surface area contributed by atoms with Gasteiger partial charge in [0.1, 0.15) is 11.6 Å². The Balaban J connectivity index is 0.000000189. The molecule has 1 N–H and O–H groups in total. The highest BCUT2D eigenvalue weighted by Gasteiger charge is 2.15. The molecule has 0 unspecified atom stereocenters. The lowest BCUT2D eigenvalue weighted by atomic mass is 10.0. The van der Waals surface area contributed by atoms with Crippen LogP contribution in [0.15, 0.2) is 133 Å². The molecule has 2 heterocycles. The van der Waals surface area contributed by atoms with Crippen molar-refractivity contribution in [2.24, 2.45) is 0 Å². The largest absolute Gasteiger partial charge is 0.478 e. The molecule has 0 saturated heterocycles. The predicted octanol–water partition coefficient (Wildman–Crippen LogP) is 11.4. The number of rotatable bonds is 10. The van der Waals surface area contributed by atoms with Crippen LogP contribution in [0.2, 0.25) is 10.0 Å². The smallest absolute Gasteiger partial charge is 0.337 e. The zero-order chi connectivity index (χ0) is 44.6. The van der Waals surface area contributed by atoms with Crippen molar-refractivity contribution in [1.29, 1.82) is 10.5 Å². The van der Waals surface area contributed by atoms with E-state index in [4.69, 9.17) is 33.0 Å². The van der Waals surface area contributed by atoms with Crippen LogP contribution in [0.25, 0.3) is 45.1 Å². The molecule has 0 aliphatic heterocycles. The van der Waals surface area contributed by atoms with Gasteiger partial charge in [-0.3, -0.25) is 9.36 Å². The first-order valence-electron chi connectivity index (χ1n) is 19.0. The second-order valence-electron chi connectivity index (χ2n) is 14.0. The molecule has 0 spiro atoms. The second kappa shape index (κ2) is 19.2.